The summed E-state index contributed by atoms with van der Waals surface area (Å²) in [6.45, 7) is 5.07. The van der Waals surface area contributed by atoms with Crippen LogP contribution in [0.2, 0.25) is 0 Å². The lowest BCUT2D eigenvalue weighted by atomic mass is 9.69. The predicted molar refractivity (Wildman–Crippen MR) is 72.9 cm³/mol. The van der Waals surface area contributed by atoms with E-state index in [2.05, 4.69) is 6.92 Å². The minimum absolute atomic E-state index is 0.191. The third-order valence-electron chi connectivity index (χ3n) is 4.55. The average molecular weight is 267 g/mol. The molecule has 2 rings (SSSR count). The molecule has 3 atom stereocenters. The van der Waals surface area contributed by atoms with Crippen LogP contribution in [-0.4, -0.2) is 36.0 Å². The summed E-state index contributed by atoms with van der Waals surface area (Å²) in [5.74, 6) is 0.969. The van der Waals surface area contributed by atoms with Crippen molar-refractivity contribution in [3.63, 3.8) is 0 Å². The van der Waals surface area contributed by atoms with Crippen molar-refractivity contribution in [3.8, 4) is 0 Å². The van der Waals surface area contributed by atoms with E-state index in [4.69, 9.17) is 4.74 Å². The van der Waals surface area contributed by atoms with Gasteiger partial charge < -0.3 is 9.64 Å². The highest BCUT2D eigenvalue weighted by Gasteiger charge is 2.44. The lowest BCUT2D eigenvalue weighted by Crippen LogP contribution is -2.54. The molecule has 1 aliphatic carbocycles. The average Bonchev–Trinajstić information content (AvgIpc) is 2.40. The molecule has 1 aliphatic heterocycles. The summed E-state index contributed by atoms with van der Waals surface area (Å²) in [6.07, 6.45) is 5.44. The van der Waals surface area contributed by atoms with Crippen LogP contribution in [0.4, 0.5) is 4.79 Å². The molecule has 2 aliphatic rings. The third kappa shape index (κ3) is 2.93. The first-order valence-electron chi connectivity index (χ1n) is 7.65. The summed E-state index contributed by atoms with van der Waals surface area (Å²) in [7, 11) is 0. The molecule has 4 heteroatoms. The zero-order valence-corrected chi connectivity index (χ0v) is 12.1. The first kappa shape index (κ1) is 14.4. The number of fused-ring (bicyclic) bond motifs is 1. The number of hydrogen-bond acceptors (Lipinski definition) is 3. The highest BCUT2D eigenvalue weighted by molar-refractivity contribution is 5.82. The maximum Gasteiger partial charge on any atom is 0.410 e. The Labute approximate surface area is 115 Å². The van der Waals surface area contributed by atoms with Crippen molar-refractivity contribution >= 4 is 11.9 Å². The zero-order chi connectivity index (χ0) is 13.8. The van der Waals surface area contributed by atoms with Crippen molar-refractivity contribution in [2.24, 2.45) is 11.8 Å². The van der Waals surface area contributed by atoms with E-state index < -0.39 is 0 Å². The number of carbonyl (C=O) groups is 2. The number of hydrogen-bond donors (Lipinski definition) is 0. The monoisotopic (exact) mass is 267 g/mol. The van der Waals surface area contributed by atoms with Gasteiger partial charge in [-0.1, -0.05) is 13.3 Å². The van der Waals surface area contributed by atoms with Crippen LogP contribution in [-0.2, 0) is 9.53 Å². The highest BCUT2D eigenvalue weighted by atomic mass is 16.6. The molecule has 0 N–H and O–H groups in total. The van der Waals surface area contributed by atoms with Crippen LogP contribution in [0, 0.1) is 11.8 Å². The van der Waals surface area contributed by atoms with Gasteiger partial charge in [-0.2, -0.15) is 0 Å². The number of amides is 1. The van der Waals surface area contributed by atoms with Gasteiger partial charge in [0.05, 0.1) is 6.61 Å². The topological polar surface area (TPSA) is 46.6 Å². The van der Waals surface area contributed by atoms with Gasteiger partial charge in [-0.25, -0.2) is 4.79 Å². The molecule has 19 heavy (non-hydrogen) atoms. The van der Waals surface area contributed by atoms with Gasteiger partial charge >= 0.3 is 6.09 Å². The minimum Gasteiger partial charge on any atom is -0.450 e. The Hall–Kier alpha value is -1.06. The van der Waals surface area contributed by atoms with Crippen LogP contribution in [0.5, 0.6) is 0 Å². The summed E-state index contributed by atoms with van der Waals surface area (Å²) in [6, 6.07) is 0.201. The van der Waals surface area contributed by atoms with Crippen molar-refractivity contribution in [1.29, 1.82) is 0 Å². The van der Waals surface area contributed by atoms with Gasteiger partial charge in [0.1, 0.15) is 5.78 Å². The Morgan fingerprint density at radius 2 is 2.16 bits per heavy atom. The normalized spacial score (nSPS) is 30.9. The Morgan fingerprint density at radius 3 is 2.84 bits per heavy atom. The number of piperidine rings is 1. The number of Topliss-reactive ketones (excluding diaryl/α,β-unsaturated/α-hetero) is 1. The largest absolute Gasteiger partial charge is 0.450 e. The van der Waals surface area contributed by atoms with Gasteiger partial charge in [-0.15, -0.1) is 0 Å². The Bertz CT molecular complexity index is 342. The van der Waals surface area contributed by atoms with Gasteiger partial charge in [-0.05, 0) is 38.5 Å². The second-order valence-corrected chi connectivity index (χ2v) is 5.67. The van der Waals surface area contributed by atoms with Gasteiger partial charge in [0.2, 0.25) is 0 Å². The van der Waals surface area contributed by atoms with Crippen molar-refractivity contribution < 1.29 is 14.3 Å². The molecule has 1 heterocycles. The summed E-state index contributed by atoms with van der Waals surface area (Å²) >= 11 is 0. The van der Waals surface area contributed by atoms with Crippen molar-refractivity contribution in [2.45, 2.75) is 58.4 Å². The number of carbonyl (C=O) groups excluding carboxylic acids is 2. The minimum atomic E-state index is -0.197. The lowest BCUT2D eigenvalue weighted by molar-refractivity contribution is -0.130. The first-order chi connectivity index (χ1) is 9.19. The van der Waals surface area contributed by atoms with E-state index in [1.54, 1.807) is 0 Å². The smallest absolute Gasteiger partial charge is 0.410 e. The predicted octanol–water partition coefficient (Wildman–Crippen LogP) is 3.00. The molecule has 0 spiro atoms. The van der Waals surface area contributed by atoms with Crippen LogP contribution in [0.25, 0.3) is 0 Å². The molecular formula is C15H25NO3. The Morgan fingerprint density at radius 1 is 1.37 bits per heavy atom. The number of likely N-dealkylation sites (tertiary alicyclic amines) is 1. The molecule has 1 saturated carbocycles. The summed E-state index contributed by atoms with van der Waals surface area (Å²) in [4.78, 5) is 26.0. The lowest BCUT2D eigenvalue weighted by Gasteiger charge is -2.46. The molecule has 1 amide bonds. The molecule has 108 valence electrons. The van der Waals surface area contributed by atoms with E-state index in [1.165, 1.54) is 0 Å². The van der Waals surface area contributed by atoms with Crippen molar-refractivity contribution in [3.05, 3.63) is 0 Å². The fourth-order valence-corrected chi connectivity index (χ4v) is 3.75. The first-order valence-corrected chi connectivity index (χ1v) is 7.65. The van der Waals surface area contributed by atoms with E-state index in [9.17, 15) is 9.59 Å². The molecule has 2 fully saturated rings. The number of ether oxygens (including phenoxy) is 1. The molecule has 0 radical (unpaired) electrons. The number of nitrogens with zero attached hydrogens (tertiary/aromatic N) is 1. The Balaban J connectivity index is 2.13. The molecular weight excluding hydrogens is 242 g/mol. The van der Waals surface area contributed by atoms with Crippen LogP contribution in [0.1, 0.15) is 52.4 Å². The maximum atomic E-state index is 12.1. The maximum absolute atomic E-state index is 12.1. The molecule has 0 aromatic carbocycles. The zero-order valence-electron chi connectivity index (χ0n) is 12.1. The van der Waals surface area contributed by atoms with Gasteiger partial charge in [0, 0.05) is 24.9 Å². The fraction of sp³-hybridized carbons (Fsp3) is 0.867. The van der Waals surface area contributed by atoms with Gasteiger partial charge in [0.15, 0.2) is 0 Å². The molecule has 0 bridgehead atoms. The van der Waals surface area contributed by atoms with Crippen LogP contribution in [0.3, 0.4) is 0 Å². The van der Waals surface area contributed by atoms with Gasteiger partial charge in [0.25, 0.3) is 0 Å². The summed E-state index contributed by atoms with van der Waals surface area (Å²) in [5, 5.41) is 0. The molecule has 0 aromatic heterocycles. The molecule has 0 aromatic rings. The highest BCUT2D eigenvalue weighted by Crippen LogP contribution is 2.39. The SMILES string of the molecule is CCC[C@H]1[C@H]2CCCC(=O)[C@@H]2CCN1C(=O)OCC. The van der Waals surface area contributed by atoms with Crippen LogP contribution < -0.4 is 0 Å². The third-order valence-corrected chi connectivity index (χ3v) is 4.55. The van der Waals surface area contributed by atoms with Crippen LogP contribution >= 0.6 is 0 Å². The van der Waals surface area contributed by atoms with Gasteiger partial charge in [-0.3, -0.25) is 4.79 Å². The fourth-order valence-electron chi connectivity index (χ4n) is 3.75. The second kappa shape index (κ2) is 6.40. The quantitative estimate of drug-likeness (QED) is 0.789. The Kier molecular flexibility index (Phi) is 4.83. The van der Waals surface area contributed by atoms with E-state index in [-0.39, 0.29) is 18.1 Å². The number of ketones is 1. The van der Waals surface area contributed by atoms with E-state index in [0.29, 0.717) is 24.9 Å². The van der Waals surface area contributed by atoms with E-state index in [0.717, 1.165) is 38.5 Å². The standard InChI is InChI=1S/C15H25NO3/c1-3-6-13-11-7-5-8-14(17)12(11)9-10-16(13)15(18)19-4-2/h11-13H,3-10H2,1-2H3/t11-,12+,13-/m0/s1. The molecule has 1 saturated heterocycles. The van der Waals surface area contributed by atoms with Crippen molar-refractivity contribution in [1.82, 2.24) is 4.90 Å². The van der Waals surface area contributed by atoms with Crippen molar-refractivity contribution in [2.75, 3.05) is 13.2 Å². The van der Waals surface area contributed by atoms with E-state index >= 15 is 0 Å². The van der Waals surface area contributed by atoms with Crippen LogP contribution in [0.15, 0.2) is 0 Å². The molecule has 0 unspecified atom stereocenters. The summed E-state index contributed by atoms with van der Waals surface area (Å²) in [5.41, 5.74) is 0. The second-order valence-electron chi connectivity index (χ2n) is 5.67. The number of rotatable bonds is 3. The van der Waals surface area contributed by atoms with E-state index in [1.807, 2.05) is 11.8 Å². The molecule has 4 nitrogen and oxygen atoms in total. The summed E-state index contributed by atoms with van der Waals surface area (Å²) < 4.78 is 5.17.